The zero-order chi connectivity index (χ0) is 26.7. The lowest BCUT2D eigenvalue weighted by molar-refractivity contribution is -0.141. The number of amides is 3. The zero-order valence-corrected chi connectivity index (χ0v) is 23.4. The van der Waals surface area contributed by atoms with Gasteiger partial charge in [-0.15, -0.1) is 0 Å². The predicted molar refractivity (Wildman–Crippen MR) is 141 cm³/mol. The Kier molecular flexibility index (Phi) is 9.17. The van der Waals surface area contributed by atoms with Gasteiger partial charge in [0.1, 0.15) is 6.04 Å². The summed E-state index contributed by atoms with van der Waals surface area (Å²) < 4.78 is 26.8. The number of likely N-dealkylation sites (N-methyl/N-ethyl adjacent to an activating group) is 1. The van der Waals surface area contributed by atoms with Gasteiger partial charge >= 0.3 is 0 Å². The minimum Gasteiger partial charge on any atom is -0.353 e. The van der Waals surface area contributed by atoms with Gasteiger partial charge in [-0.2, -0.15) is 4.31 Å². The largest absolute Gasteiger partial charge is 0.353 e. The molecule has 4 aliphatic rings. The number of nitrogens with one attached hydrogen (secondary N) is 3. The van der Waals surface area contributed by atoms with Crippen LogP contribution in [0.1, 0.15) is 77.6 Å². The van der Waals surface area contributed by atoms with Crippen molar-refractivity contribution in [1.82, 2.24) is 25.2 Å². The van der Waals surface area contributed by atoms with E-state index < -0.39 is 40.1 Å². The van der Waals surface area contributed by atoms with Gasteiger partial charge in [0.15, 0.2) is 0 Å². The Morgan fingerprint density at radius 3 is 2.14 bits per heavy atom. The van der Waals surface area contributed by atoms with E-state index in [2.05, 4.69) is 16.0 Å². The molecule has 2 saturated heterocycles. The fourth-order valence-corrected chi connectivity index (χ4v) is 8.06. The number of rotatable bonds is 8. The number of hydrogen-bond acceptors (Lipinski definition) is 6. The lowest BCUT2D eigenvalue weighted by Gasteiger charge is -2.36. The summed E-state index contributed by atoms with van der Waals surface area (Å²) in [6, 6.07) is -1.94. The zero-order valence-electron chi connectivity index (χ0n) is 22.6. The van der Waals surface area contributed by atoms with Gasteiger partial charge in [-0.3, -0.25) is 14.4 Å². The van der Waals surface area contributed by atoms with Gasteiger partial charge in [0.05, 0.1) is 24.3 Å². The Bertz CT molecular complexity index is 947. The Morgan fingerprint density at radius 1 is 0.919 bits per heavy atom. The molecule has 2 saturated carbocycles. The predicted octanol–water partition coefficient (Wildman–Crippen LogP) is 0.969. The highest BCUT2D eigenvalue weighted by Crippen LogP contribution is 2.39. The first-order valence-corrected chi connectivity index (χ1v) is 16.0. The minimum absolute atomic E-state index is 0.0373. The molecule has 0 bridgehead atoms. The van der Waals surface area contributed by atoms with E-state index in [1.807, 2.05) is 0 Å². The van der Waals surface area contributed by atoms with Gasteiger partial charge < -0.3 is 20.9 Å². The average molecular weight is 540 g/mol. The normalized spacial score (nSPS) is 29.5. The third-order valence-electron chi connectivity index (χ3n) is 9.09. The maximum Gasteiger partial charge on any atom is 0.245 e. The quantitative estimate of drug-likeness (QED) is 0.422. The van der Waals surface area contributed by atoms with Crippen LogP contribution in [-0.4, -0.2) is 91.9 Å². The molecule has 0 unspecified atom stereocenters. The number of carbonyl (C=O) groups is 3. The molecule has 0 spiro atoms. The molecule has 2 heterocycles. The minimum atomic E-state index is -3.54. The van der Waals surface area contributed by atoms with Crippen molar-refractivity contribution in [3.05, 3.63) is 0 Å². The van der Waals surface area contributed by atoms with Crippen molar-refractivity contribution in [2.45, 2.75) is 108 Å². The number of likely N-dealkylation sites (tertiary alicyclic amines) is 1. The van der Waals surface area contributed by atoms with E-state index in [4.69, 9.17) is 0 Å². The molecule has 10 nitrogen and oxygen atoms in total. The Labute approximate surface area is 221 Å². The van der Waals surface area contributed by atoms with Crippen LogP contribution >= 0.6 is 0 Å². The summed E-state index contributed by atoms with van der Waals surface area (Å²) in [6.07, 6.45) is 11.8. The summed E-state index contributed by atoms with van der Waals surface area (Å²) in [5.41, 5.74) is 0. The third kappa shape index (κ3) is 6.30. The van der Waals surface area contributed by atoms with Crippen LogP contribution in [0.4, 0.5) is 0 Å². The summed E-state index contributed by atoms with van der Waals surface area (Å²) >= 11 is 0. The SMILES string of the molecule is CN[C@@H](C)C(=O)N[C@H](C(=O)N1CC[C@@H]2[C@H]1[C@@H](C(=O)NC1CCCCC1)CN2S(C)(=O)=O)C1CCCCC1. The molecule has 11 heteroatoms. The smallest absolute Gasteiger partial charge is 0.245 e. The molecule has 37 heavy (non-hydrogen) atoms. The monoisotopic (exact) mass is 539 g/mol. The van der Waals surface area contributed by atoms with Crippen molar-refractivity contribution in [3.63, 3.8) is 0 Å². The van der Waals surface area contributed by atoms with Crippen molar-refractivity contribution in [2.75, 3.05) is 26.4 Å². The molecule has 3 amide bonds. The molecular formula is C26H45N5O5S. The summed E-state index contributed by atoms with van der Waals surface area (Å²) in [7, 11) is -1.83. The summed E-state index contributed by atoms with van der Waals surface area (Å²) in [5, 5.41) is 9.13. The van der Waals surface area contributed by atoms with Crippen LogP contribution in [0.3, 0.4) is 0 Å². The summed E-state index contributed by atoms with van der Waals surface area (Å²) in [4.78, 5) is 42.2. The van der Waals surface area contributed by atoms with Crippen LogP contribution in [0.5, 0.6) is 0 Å². The molecular weight excluding hydrogens is 494 g/mol. The molecule has 0 radical (unpaired) electrons. The van der Waals surface area contributed by atoms with E-state index in [1.54, 1.807) is 18.9 Å². The molecule has 3 N–H and O–H groups in total. The van der Waals surface area contributed by atoms with E-state index in [0.717, 1.165) is 57.8 Å². The molecule has 2 aliphatic carbocycles. The molecule has 2 aliphatic heterocycles. The van der Waals surface area contributed by atoms with Crippen LogP contribution in [-0.2, 0) is 24.4 Å². The first kappa shape index (κ1) is 28.3. The maximum absolute atomic E-state index is 14.1. The average Bonchev–Trinajstić information content (AvgIpc) is 3.48. The molecule has 5 atom stereocenters. The van der Waals surface area contributed by atoms with Crippen LogP contribution in [0.2, 0.25) is 0 Å². The number of hydrogen-bond donors (Lipinski definition) is 3. The van der Waals surface area contributed by atoms with E-state index in [0.29, 0.717) is 13.0 Å². The van der Waals surface area contributed by atoms with Crippen molar-refractivity contribution in [3.8, 4) is 0 Å². The van der Waals surface area contributed by atoms with Gasteiger partial charge in [0.2, 0.25) is 27.7 Å². The van der Waals surface area contributed by atoms with Crippen molar-refractivity contribution in [2.24, 2.45) is 11.8 Å². The topological polar surface area (TPSA) is 128 Å². The van der Waals surface area contributed by atoms with Crippen LogP contribution in [0.15, 0.2) is 0 Å². The molecule has 210 valence electrons. The fraction of sp³-hybridized carbons (Fsp3) is 0.885. The molecule has 0 aromatic carbocycles. The Hall–Kier alpha value is -1.72. The first-order chi connectivity index (χ1) is 17.6. The van der Waals surface area contributed by atoms with E-state index in [9.17, 15) is 22.8 Å². The van der Waals surface area contributed by atoms with Crippen LogP contribution < -0.4 is 16.0 Å². The number of fused-ring (bicyclic) bond motifs is 1. The second-order valence-corrected chi connectivity index (χ2v) is 13.5. The van der Waals surface area contributed by atoms with Gasteiger partial charge in [-0.25, -0.2) is 8.42 Å². The molecule has 0 aromatic rings. The second kappa shape index (κ2) is 12.0. The van der Waals surface area contributed by atoms with Gasteiger partial charge in [-0.05, 0) is 52.0 Å². The molecule has 4 fully saturated rings. The molecule has 4 rings (SSSR count). The van der Waals surface area contributed by atoms with Gasteiger partial charge in [0, 0.05) is 25.2 Å². The molecule has 0 aromatic heterocycles. The lowest BCUT2D eigenvalue weighted by atomic mass is 9.83. The van der Waals surface area contributed by atoms with Crippen molar-refractivity contribution < 1.29 is 22.8 Å². The van der Waals surface area contributed by atoms with Gasteiger partial charge in [0.25, 0.3) is 0 Å². The highest BCUT2D eigenvalue weighted by Gasteiger charge is 2.56. The standard InChI is InChI=1S/C26H45N5O5S/c1-17(27-2)24(32)29-22(18-10-6-4-7-11-18)26(34)30-15-14-21-23(30)20(16-31(21)37(3,35)36)25(33)28-19-12-8-5-9-13-19/h17-23,27H,4-16H2,1-3H3,(H,28,33)(H,29,32)/t17-,20-,21+,22-,23+/m0/s1. The van der Waals surface area contributed by atoms with Gasteiger partial charge in [-0.1, -0.05) is 38.5 Å². The second-order valence-electron chi connectivity index (χ2n) is 11.6. The van der Waals surface area contributed by atoms with Crippen LogP contribution in [0, 0.1) is 11.8 Å². The highest BCUT2D eigenvalue weighted by atomic mass is 32.2. The highest BCUT2D eigenvalue weighted by molar-refractivity contribution is 7.88. The Balaban J connectivity index is 1.58. The summed E-state index contributed by atoms with van der Waals surface area (Å²) in [5.74, 6) is -1.14. The maximum atomic E-state index is 14.1. The van der Waals surface area contributed by atoms with E-state index >= 15 is 0 Å². The first-order valence-electron chi connectivity index (χ1n) is 14.2. The fourth-order valence-electron chi connectivity index (χ4n) is 6.90. The third-order valence-corrected chi connectivity index (χ3v) is 10.4. The number of carbonyl (C=O) groups excluding carboxylic acids is 3. The number of sulfonamides is 1. The number of nitrogens with zero attached hydrogens (tertiary/aromatic N) is 2. The van der Waals surface area contributed by atoms with E-state index in [-0.39, 0.29) is 36.2 Å². The Morgan fingerprint density at radius 2 is 1.54 bits per heavy atom. The lowest BCUT2D eigenvalue weighted by Crippen LogP contribution is -2.58. The van der Waals surface area contributed by atoms with Crippen molar-refractivity contribution in [1.29, 1.82) is 0 Å². The summed E-state index contributed by atoms with van der Waals surface area (Å²) in [6.45, 7) is 2.23. The van der Waals surface area contributed by atoms with Crippen molar-refractivity contribution >= 4 is 27.7 Å². The van der Waals surface area contributed by atoms with Crippen LogP contribution in [0.25, 0.3) is 0 Å². The van der Waals surface area contributed by atoms with E-state index in [1.165, 1.54) is 17.0 Å².